The number of hydrogen-bond acceptors (Lipinski definition) is 3. The van der Waals surface area contributed by atoms with Crippen LogP contribution in [0.5, 0.6) is 0 Å². The lowest BCUT2D eigenvalue weighted by atomic mass is 10.1. The zero-order chi connectivity index (χ0) is 16.1. The van der Waals surface area contributed by atoms with Crippen LogP contribution in [0.15, 0.2) is 47.4 Å². The van der Waals surface area contributed by atoms with Crippen molar-refractivity contribution >= 4 is 35.0 Å². The lowest BCUT2D eigenvalue weighted by molar-refractivity contribution is -0.114. The molecule has 0 unspecified atom stereocenters. The van der Waals surface area contributed by atoms with E-state index >= 15 is 0 Å². The normalized spacial score (nSPS) is 10.1. The van der Waals surface area contributed by atoms with Crippen molar-refractivity contribution in [2.75, 3.05) is 16.9 Å². The van der Waals surface area contributed by atoms with Crippen molar-refractivity contribution in [1.29, 1.82) is 0 Å². The van der Waals surface area contributed by atoms with Crippen LogP contribution >= 0.6 is 11.8 Å². The second-order valence-corrected chi connectivity index (χ2v) is 5.44. The van der Waals surface area contributed by atoms with Crippen LogP contribution in [-0.2, 0) is 4.79 Å². The SMILES string of the molecule is CSc1ccc(NC(=O)c2ccc(F)c(NC(C)=O)c2)cc1. The quantitative estimate of drug-likeness (QED) is 0.844. The highest BCUT2D eigenvalue weighted by Crippen LogP contribution is 2.20. The smallest absolute Gasteiger partial charge is 0.255 e. The Balaban J connectivity index is 2.16. The van der Waals surface area contributed by atoms with Crippen molar-refractivity contribution in [3.05, 3.63) is 53.8 Å². The highest BCUT2D eigenvalue weighted by Gasteiger charge is 2.11. The van der Waals surface area contributed by atoms with Crippen LogP contribution in [-0.4, -0.2) is 18.1 Å². The number of carbonyl (C=O) groups excluding carboxylic acids is 2. The molecule has 0 bridgehead atoms. The molecule has 2 aromatic rings. The van der Waals surface area contributed by atoms with Gasteiger partial charge in [-0.05, 0) is 48.7 Å². The minimum absolute atomic E-state index is 0.0159. The molecule has 0 spiro atoms. The summed E-state index contributed by atoms with van der Waals surface area (Å²) in [6.45, 7) is 1.28. The molecule has 2 N–H and O–H groups in total. The van der Waals surface area contributed by atoms with Crippen LogP contribution in [0.2, 0.25) is 0 Å². The van der Waals surface area contributed by atoms with Gasteiger partial charge in [-0.2, -0.15) is 0 Å². The number of amides is 2. The number of hydrogen-bond donors (Lipinski definition) is 2. The Bertz CT molecular complexity index is 702. The van der Waals surface area contributed by atoms with Crippen molar-refractivity contribution in [2.45, 2.75) is 11.8 Å². The molecule has 0 fully saturated rings. The summed E-state index contributed by atoms with van der Waals surface area (Å²) < 4.78 is 13.6. The van der Waals surface area contributed by atoms with Gasteiger partial charge in [-0.3, -0.25) is 9.59 Å². The number of anilines is 2. The maximum absolute atomic E-state index is 13.6. The van der Waals surface area contributed by atoms with Gasteiger partial charge in [0.2, 0.25) is 5.91 Å². The monoisotopic (exact) mass is 318 g/mol. The summed E-state index contributed by atoms with van der Waals surface area (Å²) in [4.78, 5) is 24.3. The average Bonchev–Trinajstić information content (AvgIpc) is 2.49. The summed E-state index contributed by atoms with van der Waals surface area (Å²) in [6, 6.07) is 11.2. The van der Waals surface area contributed by atoms with Gasteiger partial charge in [0.05, 0.1) is 5.69 Å². The molecule has 4 nitrogen and oxygen atoms in total. The Hall–Kier alpha value is -2.34. The van der Waals surface area contributed by atoms with Crippen molar-refractivity contribution in [3.63, 3.8) is 0 Å². The minimum atomic E-state index is -0.587. The third-order valence-corrected chi connectivity index (χ3v) is 3.63. The van der Waals surface area contributed by atoms with E-state index in [0.717, 1.165) is 11.0 Å². The summed E-state index contributed by atoms with van der Waals surface area (Å²) in [5.74, 6) is -1.36. The standard InChI is InChI=1S/C16H15FN2O2S/c1-10(20)18-15-9-11(3-8-14(15)17)16(21)19-12-4-6-13(22-2)7-5-12/h3-9H,1-2H3,(H,18,20)(H,19,21). The predicted octanol–water partition coefficient (Wildman–Crippen LogP) is 3.76. The maximum atomic E-state index is 13.6. The summed E-state index contributed by atoms with van der Waals surface area (Å²) in [6.07, 6.45) is 1.97. The topological polar surface area (TPSA) is 58.2 Å². The molecule has 22 heavy (non-hydrogen) atoms. The minimum Gasteiger partial charge on any atom is -0.324 e. The van der Waals surface area contributed by atoms with E-state index in [0.29, 0.717) is 5.69 Å². The number of thioether (sulfide) groups is 1. The van der Waals surface area contributed by atoms with Gasteiger partial charge in [0, 0.05) is 23.1 Å². The van der Waals surface area contributed by atoms with Crippen molar-refractivity contribution in [3.8, 4) is 0 Å². The number of nitrogens with one attached hydrogen (secondary N) is 2. The van der Waals surface area contributed by atoms with Gasteiger partial charge >= 0.3 is 0 Å². The van der Waals surface area contributed by atoms with Gasteiger partial charge < -0.3 is 10.6 Å². The van der Waals surface area contributed by atoms with Crippen LogP contribution in [0.1, 0.15) is 17.3 Å². The fraction of sp³-hybridized carbons (Fsp3) is 0.125. The fourth-order valence-electron chi connectivity index (χ4n) is 1.83. The molecular formula is C16H15FN2O2S. The first kappa shape index (κ1) is 16.0. The molecule has 0 aliphatic carbocycles. The largest absolute Gasteiger partial charge is 0.324 e. The van der Waals surface area contributed by atoms with E-state index < -0.39 is 11.7 Å². The molecule has 0 aliphatic heterocycles. The summed E-state index contributed by atoms with van der Waals surface area (Å²) in [5, 5.41) is 5.08. The van der Waals surface area contributed by atoms with Gasteiger partial charge in [0.25, 0.3) is 5.91 Å². The number of carbonyl (C=O) groups is 2. The Kier molecular flexibility index (Phi) is 5.16. The highest BCUT2D eigenvalue weighted by atomic mass is 32.2. The van der Waals surface area contributed by atoms with Gasteiger partial charge in [-0.25, -0.2) is 4.39 Å². The van der Waals surface area contributed by atoms with E-state index in [1.807, 2.05) is 18.4 Å². The average molecular weight is 318 g/mol. The Morgan fingerprint density at radius 1 is 1.05 bits per heavy atom. The molecule has 0 aliphatic rings. The second kappa shape index (κ2) is 7.09. The summed E-state index contributed by atoms with van der Waals surface area (Å²) >= 11 is 1.61. The molecule has 6 heteroatoms. The predicted molar refractivity (Wildman–Crippen MR) is 86.9 cm³/mol. The van der Waals surface area contributed by atoms with E-state index in [4.69, 9.17) is 0 Å². The summed E-state index contributed by atoms with van der Waals surface area (Å²) in [7, 11) is 0. The lowest BCUT2D eigenvalue weighted by Gasteiger charge is -2.09. The number of rotatable bonds is 4. The van der Waals surface area contributed by atoms with E-state index in [1.54, 1.807) is 23.9 Å². The highest BCUT2D eigenvalue weighted by molar-refractivity contribution is 7.98. The van der Waals surface area contributed by atoms with Crippen molar-refractivity contribution < 1.29 is 14.0 Å². The van der Waals surface area contributed by atoms with Crippen molar-refractivity contribution in [1.82, 2.24) is 0 Å². The molecule has 0 saturated carbocycles. The van der Waals surface area contributed by atoms with Gasteiger partial charge in [-0.1, -0.05) is 0 Å². The first-order valence-corrected chi connectivity index (χ1v) is 7.74. The number of benzene rings is 2. The molecule has 0 heterocycles. The van der Waals surface area contributed by atoms with Gasteiger partial charge in [0.15, 0.2) is 0 Å². The first-order chi connectivity index (χ1) is 10.5. The zero-order valence-electron chi connectivity index (χ0n) is 12.1. The molecule has 2 amide bonds. The van der Waals surface area contributed by atoms with Crippen LogP contribution < -0.4 is 10.6 Å². The molecule has 0 atom stereocenters. The maximum Gasteiger partial charge on any atom is 0.255 e. The van der Waals surface area contributed by atoms with E-state index in [-0.39, 0.29) is 17.2 Å². The van der Waals surface area contributed by atoms with Gasteiger partial charge in [-0.15, -0.1) is 11.8 Å². The molecular weight excluding hydrogens is 303 g/mol. The van der Waals surface area contributed by atoms with Crippen LogP contribution in [0.3, 0.4) is 0 Å². The van der Waals surface area contributed by atoms with E-state index in [9.17, 15) is 14.0 Å². The van der Waals surface area contributed by atoms with Crippen LogP contribution in [0.4, 0.5) is 15.8 Å². The van der Waals surface area contributed by atoms with Crippen LogP contribution in [0, 0.1) is 5.82 Å². The Morgan fingerprint density at radius 3 is 2.32 bits per heavy atom. The van der Waals surface area contributed by atoms with Crippen LogP contribution in [0.25, 0.3) is 0 Å². The second-order valence-electron chi connectivity index (χ2n) is 4.56. The lowest BCUT2D eigenvalue weighted by Crippen LogP contribution is -2.14. The number of halogens is 1. The fourth-order valence-corrected chi connectivity index (χ4v) is 2.24. The molecule has 0 saturated heterocycles. The van der Waals surface area contributed by atoms with Crippen molar-refractivity contribution in [2.24, 2.45) is 0 Å². The summed E-state index contributed by atoms with van der Waals surface area (Å²) in [5.41, 5.74) is 0.894. The first-order valence-electron chi connectivity index (χ1n) is 6.52. The molecule has 2 rings (SSSR count). The third kappa shape index (κ3) is 4.08. The van der Waals surface area contributed by atoms with E-state index in [2.05, 4.69) is 10.6 Å². The Labute approximate surface area is 132 Å². The molecule has 2 aromatic carbocycles. The molecule has 0 radical (unpaired) electrons. The molecule has 114 valence electrons. The van der Waals surface area contributed by atoms with E-state index in [1.165, 1.54) is 19.1 Å². The third-order valence-electron chi connectivity index (χ3n) is 2.89. The Morgan fingerprint density at radius 2 is 1.73 bits per heavy atom. The van der Waals surface area contributed by atoms with Gasteiger partial charge in [0.1, 0.15) is 5.82 Å². The zero-order valence-corrected chi connectivity index (χ0v) is 13.0. The molecule has 0 aromatic heterocycles.